The number of rotatable bonds is 5. The Hall–Kier alpha value is -2.40. The van der Waals surface area contributed by atoms with Crippen LogP contribution in [0.1, 0.15) is 15.9 Å². The smallest absolute Gasteiger partial charge is 0.254 e. The molecule has 0 unspecified atom stereocenters. The third kappa shape index (κ3) is 3.99. The van der Waals surface area contributed by atoms with E-state index >= 15 is 0 Å². The highest BCUT2D eigenvalue weighted by atomic mass is 19.1. The molecule has 0 spiro atoms. The summed E-state index contributed by atoms with van der Waals surface area (Å²) < 4.78 is 13.9. The number of carbonyl (C=O) groups excluding carboxylic acids is 1. The summed E-state index contributed by atoms with van der Waals surface area (Å²) in [6, 6.07) is 14.6. The van der Waals surface area contributed by atoms with Crippen molar-refractivity contribution in [1.82, 2.24) is 10.2 Å². The molecule has 0 atom stereocenters. The van der Waals surface area contributed by atoms with Crippen molar-refractivity contribution in [2.24, 2.45) is 0 Å². The number of piperazine rings is 1. The van der Waals surface area contributed by atoms with Gasteiger partial charge >= 0.3 is 0 Å². The number of amides is 1. The number of benzene rings is 2. The molecule has 1 aliphatic rings. The monoisotopic (exact) mass is 341 g/mol. The minimum absolute atomic E-state index is 0.0693. The molecule has 2 aromatic rings. The highest BCUT2D eigenvalue weighted by molar-refractivity contribution is 5.95. The number of halogens is 1. The molecule has 0 bridgehead atoms. The van der Waals surface area contributed by atoms with Crippen LogP contribution in [0.2, 0.25) is 0 Å². The summed E-state index contributed by atoms with van der Waals surface area (Å²) in [5.74, 6) is -0.139. The summed E-state index contributed by atoms with van der Waals surface area (Å²) in [5, 5.41) is 3.12. The van der Waals surface area contributed by atoms with Gasteiger partial charge in [-0.25, -0.2) is 4.39 Å². The molecule has 0 aliphatic carbocycles. The van der Waals surface area contributed by atoms with Gasteiger partial charge in [0.05, 0.1) is 5.69 Å². The predicted octanol–water partition coefficient (Wildman–Crippen LogP) is 2.55. The highest BCUT2D eigenvalue weighted by Gasteiger charge is 2.24. The number of likely N-dealkylation sites (N-methyl/N-ethyl adjacent to an activating group) is 1. The van der Waals surface area contributed by atoms with E-state index in [1.165, 1.54) is 6.07 Å². The number of anilines is 1. The van der Waals surface area contributed by atoms with Crippen LogP contribution >= 0.6 is 0 Å². The first-order valence-corrected chi connectivity index (χ1v) is 8.72. The lowest BCUT2D eigenvalue weighted by Gasteiger charge is -2.36. The van der Waals surface area contributed by atoms with Gasteiger partial charge < -0.3 is 15.1 Å². The van der Waals surface area contributed by atoms with E-state index in [4.69, 9.17) is 0 Å². The maximum atomic E-state index is 13.9. The molecule has 1 saturated heterocycles. The Morgan fingerprint density at radius 1 is 1.04 bits per heavy atom. The minimum Gasteiger partial charge on any atom is -0.366 e. The average molecular weight is 341 g/mol. The Bertz CT molecular complexity index is 726. The van der Waals surface area contributed by atoms with Gasteiger partial charge in [0.1, 0.15) is 5.82 Å². The highest BCUT2D eigenvalue weighted by Crippen LogP contribution is 2.21. The lowest BCUT2D eigenvalue weighted by Crippen LogP contribution is -2.49. The van der Waals surface area contributed by atoms with Gasteiger partial charge in [-0.15, -0.1) is 0 Å². The van der Waals surface area contributed by atoms with Crippen molar-refractivity contribution in [3.8, 4) is 0 Å². The van der Waals surface area contributed by atoms with E-state index in [0.29, 0.717) is 31.9 Å². The van der Waals surface area contributed by atoms with Crippen LogP contribution in [0.25, 0.3) is 0 Å². The second-order valence-corrected chi connectivity index (χ2v) is 6.24. The molecule has 0 aromatic heterocycles. The number of hydrogen-bond acceptors (Lipinski definition) is 3. The van der Waals surface area contributed by atoms with Gasteiger partial charge in [-0.2, -0.15) is 0 Å². The molecule has 0 radical (unpaired) electrons. The third-order valence-corrected chi connectivity index (χ3v) is 4.65. The molecule has 0 saturated carbocycles. The molecular weight excluding hydrogens is 317 g/mol. The molecule has 1 amide bonds. The SMILES string of the molecule is CNCCc1ccccc1C(=O)N1CCN(c2ccccc2F)CC1. The number of hydrogen-bond donors (Lipinski definition) is 1. The molecule has 5 heteroatoms. The standard InChI is InChI=1S/C20H24FN3O/c1-22-11-10-16-6-2-3-7-17(16)20(25)24-14-12-23(13-15-24)19-9-5-4-8-18(19)21/h2-9,22H,10-15H2,1H3. The van der Waals surface area contributed by atoms with Gasteiger partial charge in [-0.05, 0) is 43.8 Å². The van der Waals surface area contributed by atoms with Crippen molar-refractivity contribution in [2.45, 2.75) is 6.42 Å². The fourth-order valence-corrected chi connectivity index (χ4v) is 3.24. The predicted molar refractivity (Wildman–Crippen MR) is 98.6 cm³/mol. The zero-order chi connectivity index (χ0) is 17.6. The van der Waals surface area contributed by atoms with E-state index in [-0.39, 0.29) is 11.7 Å². The quantitative estimate of drug-likeness (QED) is 0.908. The fraction of sp³-hybridized carbons (Fsp3) is 0.350. The normalized spacial score (nSPS) is 14.6. The van der Waals surface area contributed by atoms with Crippen LogP contribution in [0.3, 0.4) is 0 Å². The zero-order valence-corrected chi connectivity index (χ0v) is 14.5. The molecule has 1 heterocycles. The van der Waals surface area contributed by atoms with Crippen LogP contribution in [0.5, 0.6) is 0 Å². The van der Waals surface area contributed by atoms with Crippen LogP contribution in [-0.2, 0) is 6.42 Å². The summed E-state index contributed by atoms with van der Waals surface area (Å²) >= 11 is 0. The molecule has 2 aromatic carbocycles. The lowest BCUT2D eigenvalue weighted by atomic mass is 10.0. The van der Waals surface area contributed by atoms with Crippen LogP contribution in [0.15, 0.2) is 48.5 Å². The maximum absolute atomic E-state index is 13.9. The Kier molecular flexibility index (Phi) is 5.66. The summed E-state index contributed by atoms with van der Waals surface area (Å²) in [7, 11) is 1.91. The van der Waals surface area contributed by atoms with Crippen LogP contribution in [-0.4, -0.2) is 50.6 Å². The number of carbonyl (C=O) groups is 1. The van der Waals surface area contributed by atoms with Gasteiger partial charge in [0.2, 0.25) is 0 Å². The van der Waals surface area contributed by atoms with Gasteiger partial charge in [0.15, 0.2) is 0 Å². The molecule has 1 aliphatic heterocycles. The fourth-order valence-electron chi connectivity index (χ4n) is 3.24. The second-order valence-electron chi connectivity index (χ2n) is 6.24. The summed E-state index contributed by atoms with van der Waals surface area (Å²) in [5.41, 5.74) is 2.46. The van der Waals surface area contributed by atoms with Crippen molar-refractivity contribution in [3.05, 3.63) is 65.5 Å². The van der Waals surface area contributed by atoms with Crippen molar-refractivity contribution in [2.75, 3.05) is 44.7 Å². The summed E-state index contributed by atoms with van der Waals surface area (Å²) in [6.45, 7) is 3.34. The van der Waals surface area contributed by atoms with Gasteiger partial charge in [0.25, 0.3) is 5.91 Å². The molecule has 25 heavy (non-hydrogen) atoms. The Morgan fingerprint density at radius 2 is 1.72 bits per heavy atom. The molecule has 1 fully saturated rings. The second kappa shape index (κ2) is 8.12. The first-order chi connectivity index (χ1) is 12.2. The average Bonchev–Trinajstić information content (AvgIpc) is 2.66. The summed E-state index contributed by atoms with van der Waals surface area (Å²) in [4.78, 5) is 16.8. The van der Waals surface area contributed by atoms with E-state index in [0.717, 1.165) is 24.1 Å². The summed E-state index contributed by atoms with van der Waals surface area (Å²) in [6.07, 6.45) is 0.827. The zero-order valence-electron chi connectivity index (χ0n) is 14.5. The molecule has 1 N–H and O–H groups in total. The van der Waals surface area contributed by atoms with Gasteiger partial charge in [-0.1, -0.05) is 30.3 Å². The molecule has 3 rings (SSSR count). The van der Waals surface area contributed by atoms with Gasteiger partial charge in [0, 0.05) is 31.7 Å². The van der Waals surface area contributed by atoms with Crippen LogP contribution in [0.4, 0.5) is 10.1 Å². The lowest BCUT2D eigenvalue weighted by molar-refractivity contribution is 0.0745. The Morgan fingerprint density at radius 3 is 2.44 bits per heavy atom. The largest absolute Gasteiger partial charge is 0.366 e. The molecular formula is C20H24FN3O. The minimum atomic E-state index is -0.209. The van der Waals surface area contributed by atoms with Crippen molar-refractivity contribution in [3.63, 3.8) is 0 Å². The third-order valence-electron chi connectivity index (χ3n) is 4.65. The van der Waals surface area contributed by atoms with Crippen molar-refractivity contribution >= 4 is 11.6 Å². The van der Waals surface area contributed by atoms with E-state index < -0.39 is 0 Å². The Balaban J connectivity index is 1.67. The van der Waals surface area contributed by atoms with E-state index in [1.807, 2.05) is 47.2 Å². The number of para-hydroxylation sites is 1. The maximum Gasteiger partial charge on any atom is 0.254 e. The number of nitrogens with zero attached hydrogens (tertiary/aromatic N) is 2. The van der Waals surface area contributed by atoms with Crippen LogP contribution in [0, 0.1) is 5.82 Å². The van der Waals surface area contributed by atoms with Crippen molar-refractivity contribution in [1.29, 1.82) is 0 Å². The van der Waals surface area contributed by atoms with Crippen molar-refractivity contribution < 1.29 is 9.18 Å². The van der Waals surface area contributed by atoms with E-state index in [9.17, 15) is 9.18 Å². The number of nitrogens with one attached hydrogen (secondary N) is 1. The Labute approximate surface area is 148 Å². The first kappa shape index (κ1) is 17.4. The van der Waals surface area contributed by atoms with E-state index in [1.54, 1.807) is 12.1 Å². The van der Waals surface area contributed by atoms with E-state index in [2.05, 4.69) is 5.32 Å². The first-order valence-electron chi connectivity index (χ1n) is 8.72. The van der Waals surface area contributed by atoms with Crippen LogP contribution < -0.4 is 10.2 Å². The molecule has 4 nitrogen and oxygen atoms in total. The van der Waals surface area contributed by atoms with Gasteiger partial charge in [-0.3, -0.25) is 4.79 Å². The molecule has 132 valence electrons. The topological polar surface area (TPSA) is 35.6 Å².